The molecule has 2 aromatic rings. The first-order valence-corrected chi connectivity index (χ1v) is 10.1. The number of hydrogen-bond donors (Lipinski definition) is 0. The molecule has 2 amide bonds. The van der Waals surface area contributed by atoms with Crippen molar-refractivity contribution in [3.8, 4) is 5.75 Å². The quantitative estimate of drug-likeness (QED) is 0.650. The molecule has 3 rings (SSSR count). The highest BCUT2D eigenvalue weighted by atomic mass is 19.1. The normalized spacial score (nSPS) is 13.7. The van der Waals surface area contributed by atoms with Gasteiger partial charge in [-0.25, -0.2) is 4.39 Å². The summed E-state index contributed by atoms with van der Waals surface area (Å²) in [6.45, 7) is 3.94. The fourth-order valence-electron chi connectivity index (χ4n) is 3.31. The van der Waals surface area contributed by atoms with Gasteiger partial charge in [-0.05, 0) is 24.1 Å². The fourth-order valence-corrected chi connectivity index (χ4v) is 3.31. The number of nitrogens with zero attached hydrogens (tertiary/aromatic N) is 2. The van der Waals surface area contributed by atoms with E-state index in [1.165, 1.54) is 12.1 Å². The van der Waals surface area contributed by atoms with Gasteiger partial charge in [0.25, 0.3) is 5.91 Å². The molecule has 6 heteroatoms. The summed E-state index contributed by atoms with van der Waals surface area (Å²) in [7, 11) is 0. The summed E-state index contributed by atoms with van der Waals surface area (Å²) in [6.07, 6.45) is 1.96. The number of benzene rings is 2. The lowest BCUT2D eigenvalue weighted by molar-refractivity contribution is -0.150. The van der Waals surface area contributed by atoms with Gasteiger partial charge in [-0.1, -0.05) is 55.8 Å². The van der Waals surface area contributed by atoms with Gasteiger partial charge in [0.1, 0.15) is 0 Å². The number of rotatable bonds is 9. The Balaban J connectivity index is 1.50. The molecule has 0 bridgehead atoms. The maximum Gasteiger partial charge on any atom is 0.260 e. The topological polar surface area (TPSA) is 49.9 Å². The molecule has 1 saturated heterocycles. The van der Waals surface area contributed by atoms with Crippen molar-refractivity contribution in [3.63, 3.8) is 0 Å². The Kier molecular flexibility index (Phi) is 7.22. The Morgan fingerprint density at radius 1 is 1.10 bits per heavy atom. The maximum atomic E-state index is 13.6. The molecule has 1 heterocycles. The van der Waals surface area contributed by atoms with Gasteiger partial charge in [0.15, 0.2) is 18.2 Å². The van der Waals surface area contributed by atoms with E-state index < -0.39 is 5.82 Å². The van der Waals surface area contributed by atoms with Crippen LogP contribution < -0.4 is 4.74 Å². The lowest BCUT2D eigenvalue weighted by Gasteiger charge is -2.40. The largest absolute Gasteiger partial charge is 0.481 e. The van der Waals surface area contributed by atoms with E-state index in [0.29, 0.717) is 26.2 Å². The van der Waals surface area contributed by atoms with Crippen molar-refractivity contribution in [1.29, 1.82) is 0 Å². The Morgan fingerprint density at radius 3 is 2.48 bits per heavy atom. The number of likely N-dealkylation sites (tertiary alicyclic amines) is 1. The molecule has 0 unspecified atom stereocenters. The van der Waals surface area contributed by atoms with Crippen molar-refractivity contribution in [3.05, 3.63) is 66.0 Å². The van der Waals surface area contributed by atoms with Crippen molar-refractivity contribution in [1.82, 2.24) is 9.80 Å². The molecule has 2 aromatic carbocycles. The fraction of sp³-hybridized carbons (Fsp3) is 0.391. The molecule has 0 radical (unpaired) electrons. The minimum atomic E-state index is -0.496. The molecule has 0 aromatic heterocycles. The molecule has 1 fully saturated rings. The molecule has 0 aliphatic carbocycles. The number of hydrogen-bond acceptors (Lipinski definition) is 3. The van der Waals surface area contributed by atoms with E-state index in [-0.39, 0.29) is 30.1 Å². The van der Waals surface area contributed by atoms with Crippen LogP contribution in [0.3, 0.4) is 0 Å². The predicted octanol–water partition coefficient (Wildman–Crippen LogP) is 3.49. The molecular formula is C23H27FN2O3. The van der Waals surface area contributed by atoms with Crippen molar-refractivity contribution in [2.45, 2.75) is 26.3 Å². The summed E-state index contributed by atoms with van der Waals surface area (Å²) < 4.78 is 18.8. The molecule has 154 valence electrons. The van der Waals surface area contributed by atoms with Crippen molar-refractivity contribution >= 4 is 11.8 Å². The van der Waals surface area contributed by atoms with Crippen LogP contribution in [0.2, 0.25) is 0 Å². The summed E-state index contributed by atoms with van der Waals surface area (Å²) >= 11 is 0. The third-order valence-corrected chi connectivity index (χ3v) is 5.08. The Bertz CT molecular complexity index is 822. The van der Waals surface area contributed by atoms with Crippen LogP contribution in [0.5, 0.6) is 5.75 Å². The van der Waals surface area contributed by atoms with Crippen molar-refractivity contribution in [2.24, 2.45) is 5.92 Å². The highest BCUT2D eigenvalue weighted by Gasteiger charge is 2.37. The maximum absolute atomic E-state index is 13.6. The molecule has 1 aliphatic rings. The second-order valence-corrected chi connectivity index (χ2v) is 7.31. The van der Waals surface area contributed by atoms with Gasteiger partial charge in [0.2, 0.25) is 5.91 Å². The average Bonchev–Trinajstić information content (AvgIpc) is 2.70. The highest BCUT2D eigenvalue weighted by Crippen LogP contribution is 2.21. The van der Waals surface area contributed by atoms with E-state index in [1.807, 2.05) is 35.2 Å². The standard InChI is InChI=1S/C23H27FN2O3/c1-2-3-13-25(14-18-9-5-4-6-10-18)23(28)19-15-26(16-19)22(27)17-29-21-12-8-7-11-20(21)24/h4-12,19H,2-3,13-17H2,1H3. The number of carbonyl (C=O) groups is 2. The van der Waals surface area contributed by atoms with E-state index in [2.05, 4.69) is 6.92 Å². The van der Waals surface area contributed by atoms with E-state index in [0.717, 1.165) is 18.4 Å². The average molecular weight is 398 g/mol. The lowest BCUT2D eigenvalue weighted by atomic mass is 9.97. The third-order valence-electron chi connectivity index (χ3n) is 5.08. The SMILES string of the molecule is CCCCN(Cc1ccccc1)C(=O)C1CN(C(=O)COc2ccccc2F)C1. The van der Waals surface area contributed by atoms with Crippen LogP contribution >= 0.6 is 0 Å². The van der Waals surface area contributed by atoms with E-state index >= 15 is 0 Å². The summed E-state index contributed by atoms with van der Waals surface area (Å²) in [5.74, 6) is -0.776. The Hall–Kier alpha value is -2.89. The van der Waals surface area contributed by atoms with Crippen LogP contribution in [0, 0.1) is 11.7 Å². The minimum Gasteiger partial charge on any atom is -0.481 e. The van der Waals surface area contributed by atoms with Gasteiger partial charge < -0.3 is 14.5 Å². The number of unbranched alkanes of at least 4 members (excludes halogenated alkanes) is 1. The zero-order valence-electron chi connectivity index (χ0n) is 16.7. The molecule has 0 saturated carbocycles. The highest BCUT2D eigenvalue weighted by molar-refractivity contribution is 5.85. The van der Waals surface area contributed by atoms with Gasteiger partial charge in [0.05, 0.1) is 5.92 Å². The van der Waals surface area contributed by atoms with Gasteiger partial charge >= 0.3 is 0 Å². The number of ether oxygens (including phenoxy) is 1. The summed E-state index contributed by atoms with van der Waals surface area (Å²) in [5.41, 5.74) is 1.10. The van der Waals surface area contributed by atoms with E-state index in [4.69, 9.17) is 4.74 Å². The molecule has 0 atom stereocenters. The molecule has 1 aliphatic heterocycles. The Labute approximate surface area is 171 Å². The third kappa shape index (κ3) is 5.56. The van der Waals surface area contributed by atoms with Gasteiger partial charge in [-0.15, -0.1) is 0 Å². The van der Waals surface area contributed by atoms with Crippen LogP contribution in [-0.2, 0) is 16.1 Å². The summed E-state index contributed by atoms with van der Waals surface area (Å²) in [5, 5.41) is 0. The van der Waals surface area contributed by atoms with Crippen molar-refractivity contribution in [2.75, 3.05) is 26.2 Å². The predicted molar refractivity (Wildman–Crippen MR) is 109 cm³/mol. The van der Waals surface area contributed by atoms with Gasteiger partial charge in [-0.3, -0.25) is 9.59 Å². The molecule has 0 N–H and O–H groups in total. The molecule has 0 spiro atoms. The van der Waals surface area contributed by atoms with Crippen LogP contribution in [0.25, 0.3) is 0 Å². The second kappa shape index (κ2) is 10.0. The number of amides is 2. The lowest BCUT2D eigenvalue weighted by Crippen LogP contribution is -2.57. The summed E-state index contributed by atoms with van der Waals surface area (Å²) in [6, 6.07) is 15.9. The first kappa shape index (κ1) is 20.8. The van der Waals surface area contributed by atoms with Gasteiger partial charge in [-0.2, -0.15) is 0 Å². The number of carbonyl (C=O) groups excluding carboxylic acids is 2. The van der Waals surface area contributed by atoms with Crippen LogP contribution in [0.15, 0.2) is 54.6 Å². The van der Waals surface area contributed by atoms with Crippen molar-refractivity contribution < 1.29 is 18.7 Å². The van der Waals surface area contributed by atoms with E-state index in [1.54, 1.807) is 17.0 Å². The van der Waals surface area contributed by atoms with E-state index in [9.17, 15) is 14.0 Å². The minimum absolute atomic E-state index is 0.0580. The molecule has 5 nitrogen and oxygen atoms in total. The monoisotopic (exact) mass is 398 g/mol. The number of halogens is 1. The zero-order valence-corrected chi connectivity index (χ0v) is 16.7. The summed E-state index contributed by atoms with van der Waals surface area (Å²) in [4.78, 5) is 28.7. The first-order valence-electron chi connectivity index (χ1n) is 10.1. The van der Waals surface area contributed by atoms with Crippen LogP contribution in [0.4, 0.5) is 4.39 Å². The van der Waals surface area contributed by atoms with Crippen LogP contribution in [0.1, 0.15) is 25.3 Å². The van der Waals surface area contributed by atoms with Crippen LogP contribution in [-0.4, -0.2) is 47.9 Å². The second-order valence-electron chi connectivity index (χ2n) is 7.31. The zero-order chi connectivity index (χ0) is 20.6. The smallest absolute Gasteiger partial charge is 0.260 e. The van der Waals surface area contributed by atoms with Gasteiger partial charge in [0, 0.05) is 26.2 Å². The molecule has 29 heavy (non-hydrogen) atoms. The first-order chi connectivity index (χ1) is 14.1. The Morgan fingerprint density at radius 2 is 1.79 bits per heavy atom. The number of para-hydroxylation sites is 1. The molecular weight excluding hydrogens is 371 g/mol.